The van der Waals surface area contributed by atoms with Gasteiger partial charge >= 0.3 is 0 Å². The molecule has 2 heterocycles. The summed E-state index contributed by atoms with van der Waals surface area (Å²) in [7, 11) is 3.24. The summed E-state index contributed by atoms with van der Waals surface area (Å²) in [5.41, 5.74) is 2.25. The fourth-order valence-corrected chi connectivity index (χ4v) is 4.16. The number of nitrogens with one attached hydrogen (secondary N) is 2. The number of benzene rings is 2. The molecule has 2 aromatic carbocycles. The monoisotopic (exact) mass is 434 g/mol. The average Bonchev–Trinajstić information content (AvgIpc) is 3.20. The van der Waals surface area contributed by atoms with Gasteiger partial charge in [-0.15, -0.1) is 0 Å². The summed E-state index contributed by atoms with van der Waals surface area (Å²) >= 11 is 1.55. The van der Waals surface area contributed by atoms with Gasteiger partial charge in [0.1, 0.15) is 22.9 Å². The summed E-state index contributed by atoms with van der Waals surface area (Å²) in [6.07, 6.45) is 1.55. The Morgan fingerprint density at radius 2 is 1.90 bits per heavy atom. The second-order valence-electron chi connectivity index (χ2n) is 6.81. The molecule has 0 spiro atoms. The van der Waals surface area contributed by atoms with Gasteiger partial charge < -0.3 is 20.1 Å². The van der Waals surface area contributed by atoms with Crippen molar-refractivity contribution in [1.82, 2.24) is 15.3 Å². The van der Waals surface area contributed by atoms with Crippen LogP contribution in [0.5, 0.6) is 17.2 Å². The molecule has 4 aromatic rings. The molecule has 31 heavy (non-hydrogen) atoms. The van der Waals surface area contributed by atoms with Crippen LogP contribution in [-0.2, 0) is 0 Å². The highest BCUT2D eigenvalue weighted by atomic mass is 32.1. The van der Waals surface area contributed by atoms with Crippen LogP contribution in [-0.4, -0.2) is 30.0 Å². The molecular weight excluding hydrogens is 412 g/mol. The predicted octanol–water partition coefficient (Wildman–Crippen LogP) is 5.02. The number of para-hydroxylation sites is 1. The van der Waals surface area contributed by atoms with Crippen LogP contribution in [0.1, 0.15) is 29.0 Å². The highest BCUT2D eigenvalue weighted by Gasteiger charge is 2.14. The summed E-state index contributed by atoms with van der Waals surface area (Å²) in [4.78, 5) is 20.5. The van der Waals surface area contributed by atoms with Crippen LogP contribution in [0.25, 0.3) is 10.2 Å². The Morgan fingerprint density at radius 1 is 1.10 bits per heavy atom. The van der Waals surface area contributed by atoms with E-state index in [1.165, 1.54) is 0 Å². The van der Waals surface area contributed by atoms with E-state index in [1.807, 2.05) is 42.5 Å². The van der Waals surface area contributed by atoms with E-state index in [4.69, 9.17) is 9.47 Å². The van der Waals surface area contributed by atoms with Crippen molar-refractivity contribution in [2.45, 2.75) is 13.0 Å². The van der Waals surface area contributed by atoms with Gasteiger partial charge in [-0.1, -0.05) is 29.5 Å². The first-order valence-corrected chi connectivity index (χ1v) is 10.5. The SMILES string of the molecule is CNC(=O)c1cc(Oc2ccc3nc(N[C@H](C)c4ccccc4OC)sc3c2)ccn1. The van der Waals surface area contributed by atoms with E-state index < -0.39 is 0 Å². The topological polar surface area (TPSA) is 85.4 Å². The summed E-state index contributed by atoms with van der Waals surface area (Å²) in [5.74, 6) is 1.78. The van der Waals surface area contributed by atoms with Gasteiger partial charge in [0.25, 0.3) is 5.91 Å². The van der Waals surface area contributed by atoms with Crippen LogP contribution in [0.15, 0.2) is 60.8 Å². The first-order valence-electron chi connectivity index (χ1n) is 9.73. The number of aromatic nitrogens is 2. The van der Waals surface area contributed by atoms with Crippen molar-refractivity contribution in [3.63, 3.8) is 0 Å². The van der Waals surface area contributed by atoms with Gasteiger partial charge in [0, 0.05) is 30.9 Å². The average molecular weight is 435 g/mol. The number of anilines is 1. The minimum atomic E-state index is -0.261. The zero-order chi connectivity index (χ0) is 21.8. The molecule has 7 nitrogen and oxygen atoms in total. The maximum atomic E-state index is 11.8. The van der Waals surface area contributed by atoms with Crippen molar-refractivity contribution >= 4 is 32.6 Å². The molecular formula is C23H22N4O3S. The molecule has 0 unspecified atom stereocenters. The largest absolute Gasteiger partial charge is 0.496 e. The fraction of sp³-hybridized carbons (Fsp3) is 0.174. The van der Waals surface area contributed by atoms with E-state index in [0.29, 0.717) is 17.2 Å². The Bertz CT molecular complexity index is 1220. The molecule has 158 valence electrons. The van der Waals surface area contributed by atoms with Crippen LogP contribution >= 0.6 is 11.3 Å². The number of nitrogens with zero attached hydrogens (tertiary/aromatic N) is 2. The highest BCUT2D eigenvalue weighted by Crippen LogP contribution is 2.34. The van der Waals surface area contributed by atoms with E-state index in [1.54, 1.807) is 43.8 Å². The van der Waals surface area contributed by atoms with Crippen molar-refractivity contribution in [1.29, 1.82) is 0 Å². The van der Waals surface area contributed by atoms with Gasteiger partial charge in [-0.2, -0.15) is 0 Å². The quantitative estimate of drug-likeness (QED) is 0.425. The van der Waals surface area contributed by atoms with Gasteiger partial charge in [-0.3, -0.25) is 9.78 Å². The van der Waals surface area contributed by atoms with Gasteiger partial charge in [0.2, 0.25) is 0 Å². The van der Waals surface area contributed by atoms with E-state index in [-0.39, 0.29) is 11.9 Å². The van der Waals surface area contributed by atoms with E-state index in [2.05, 4.69) is 27.5 Å². The minimum Gasteiger partial charge on any atom is -0.496 e. The van der Waals surface area contributed by atoms with Crippen LogP contribution in [0.4, 0.5) is 5.13 Å². The highest BCUT2D eigenvalue weighted by molar-refractivity contribution is 7.22. The smallest absolute Gasteiger partial charge is 0.269 e. The number of ether oxygens (including phenoxy) is 2. The van der Waals surface area contributed by atoms with E-state index in [0.717, 1.165) is 26.7 Å². The molecule has 0 saturated carbocycles. The molecule has 0 bridgehead atoms. The zero-order valence-electron chi connectivity index (χ0n) is 17.4. The molecule has 8 heteroatoms. The molecule has 0 aliphatic rings. The molecule has 0 saturated heterocycles. The van der Waals surface area contributed by atoms with Gasteiger partial charge in [0.05, 0.1) is 23.4 Å². The maximum absolute atomic E-state index is 11.8. The lowest BCUT2D eigenvalue weighted by Gasteiger charge is -2.16. The van der Waals surface area contributed by atoms with E-state index in [9.17, 15) is 4.79 Å². The zero-order valence-corrected chi connectivity index (χ0v) is 18.2. The Labute approximate surface area is 184 Å². The fourth-order valence-electron chi connectivity index (χ4n) is 3.18. The molecule has 2 N–H and O–H groups in total. The number of rotatable bonds is 7. The molecule has 0 aliphatic carbocycles. The van der Waals surface area contributed by atoms with Crippen LogP contribution in [0.3, 0.4) is 0 Å². The van der Waals surface area contributed by atoms with Crippen molar-refractivity contribution in [2.75, 3.05) is 19.5 Å². The lowest BCUT2D eigenvalue weighted by atomic mass is 10.1. The number of pyridine rings is 1. The summed E-state index contributed by atoms with van der Waals surface area (Å²) in [5, 5.41) is 6.82. The molecule has 2 aromatic heterocycles. The third-order valence-electron chi connectivity index (χ3n) is 4.73. The molecule has 0 fully saturated rings. The normalized spacial score (nSPS) is 11.7. The number of methoxy groups -OCH3 is 1. The lowest BCUT2D eigenvalue weighted by Crippen LogP contribution is -2.18. The molecule has 4 rings (SSSR count). The maximum Gasteiger partial charge on any atom is 0.269 e. The Kier molecular flexibility index (Phi) is 5.99. The van der Waals surface area contributed by atoms with Crippen molar-refractivity contribution < 1.29 is 14.3 Å². The van der Waals surface area contributed by atoms with Gasteiger partial charge in [-0.05, 0) is 31.2 Å². The molecule has 0 radical (unpaired) electrons. The number of amides is 1. The standard InChI is InChI=1S/C23H22N4O3S/c1-14(17-6-4-5-7-20(17)29-3)26-23-27-18-9-8-15(13-21(18)31-23)30-16-10-11-25-19(12-16)22(28)24-2/h4-14H,1-3H3,(H,24,28)(H,26,27)/t14-/m1/s1. The number of fused-ring (bicyclic) bond motifs is 1. The van der Waals surface area contributed by atoms with Crippen LogP contribution in [0, 0.1) is 0 Å². The van der Waals surface area contributed by atoms with Crippen LogP contribution < -0.4 is 20.1 Å². The predicted molar refractivity (Wildman–Crippen MR) is 122 cm³/mol. The third-order valence-corrected chi connectivity index (χ3v) is 5.68. The summed E-state index contributed by atoms with van der Waals surface area (Å²) in [6, 6.07) is 17.0. The lowest BCUT2D eigenvalue weighted by molar-refractivity contribution is 0.0958. The minimum absolute atomic E-state index is 0.0346. The molecule has 0 aliphatic heterocycles. The summed E-state index contributed by atoms with van der Waals surface area (Å²) in [6.45, 7) is 2.08. The first-order chi connectivity index (χ1) is 15.1. The number of hydrogen-bond donors (Lipinski definition) is 2. The number of thiazole rings is 1. The number of hydrogen-bond acceptors (Lipinski definition) is 7. The molecule has 1 atom stereocenters. The van der Waals surface area contributed by atoms with E-state index >= 15 is 0 Å². The van der Waals surface area contributed by atoms with Gasteiger partial charge in [-0.25, -0.2) is 4.98 Å². The number of carbonyl (C=O) groups excluding carboxylic acids is 1. The summed E-state index contributed by atoms with van der Waals surface area (Å²) < 4.78 is 12.4. The Morgan fingerprint density at radius 3 is 2.71 bits per heavy atom. The molecule has 1 amide bonds. The van der Waals surface area contributed by atoms with Crippen molar-refractivity contribution in [3.8, 4) is 17.2 Å². The van der Waals surface area contributed by atoms with Crippen molar-refractivity contribution in [2.24, 2.45) is 0 Å². The first kappa shape index (κ1) is 20.6. The van der Waals surface area contributed by atoms with Crippen LogP contribution in [0.2, 0.25) is 0 Å². The third kappa shape index (κ3) is 4.59. The second-order valence-corrected chi connectivity index (χ2v) is 7.85. The Balaban J connectivity index is 1.53. The van der Waals surface area contributed by atoms with Gasteiger partial charge in [0.15, 0.2) is 5.13 Å². The van der Waals surface area contributed by atoms with Crippen molar-refractivity contribution in [3.05, 3.63) is 72.1 Å². The Hall–Kier alpha value is -3.65. The second kappa shape index (κ2) is 9.01. The number of carbonyl (C=O) groups is 1.